The first-order chi connectivity index (χ1) is 12.3. The smallest absolute Gasteiger partial charge is 0.341 e. The summed E-state index contributed by atoms with van der Waals surface area (Å²) in [5.41, 5.74) is 0.986. The molecule has 0 spiro atoms. The lowest BCUT2D eigenvalue weighted by Crippen LogP contribution is -2.54. The van der Waals surface area contributed by atoms with Gasteiger partial charge in [-0.25, -0.2) is 4.79 Å². The van der Waals surface area contributed by atoms with Crippen LogP contribution in [0, 0.1) is 23.7 Å². The Morgan fingerprint density at radius 2 is 1.77 bits per heavy atom. The Kier molecular flexibility index (Phi) is 7.21. The van der Waals surface area contributed by atoms with Gasteiger partial charge < -0.3 is 10.4 Å². The normalized spacial score (nSPS) is 25.5. The van der Waals surface area contributed by atoms with E-state index in [0.717, 1.165) is 24.8 Å². The van der Waals surface area contributed by atoms with Crippen molar-refractivity contribution in [1.82, 2.24) is 10.6 Å². The van der Waals surface area contributed by atoms with E-state index in [1.54, 1.807) is 0 Å². The molecule has 0 saturated heterocycles. The average molecular weight is 360 g/mol. The van der Waals surface area contributed by atoms with Gasteiger partial charge in [0.05, 0.1) is 0 Å². The van der Waals surface area contributed by atoms with E-state index >= 15 is 0 Å². The highest BCUT2D eigenvalue weighted by atomic mass is 16.4. The van der Waals surface area contributed by atoms with Gasteiger partial charge >= 0.3 is 5.97 Å². The van der Waals surface area contributed by atoms with Crippen molar-refractivity contribution in [2.24, 2.45) is 23.7 Å². The third kappa shape index (κ3) is 5.31. The molecule has 2 rings (SSSR count). The van der Waals surface area contributed by atoms with E-state index < -0.39 is 12.1 Å². The molecule has 0 bridgehead atoms. The summed E-state index contributed by atoms with van der Waals surface area (Å²) in [5.74, 6) is -0.0962. The van der Waals surface area contributed by atoms with Gasteiger partial charge in [0.15, 0.2) is 6.17 Å². The maximum Gasteiger partial charge on any atom is 0.341 e. The largest absolute Gasteiger partial charge is 0.479 e. The van der Waals surface area contributed by atoms with Crippen LogP contribution in [0.4, 0.5) is 0 Å². The van der Waals surface area contributed by atoms with E-state index in [2.05, 4.69) is 31.4 Å². The minimum Gasteiger partial charge on any atom is -0.479 e. The zero-order valence-electron chi connectivity index (χ0n) is 16.2. The molecule has 5 nitrogen and oxygen atoms in total. The lowest BCUT2D eigenvalue weighted by molar-refractivity contribution is -0.144. The highest BCUT2D eigenvalue weighted by Crippen LogP contribution is 2.38. The SMILES string of the molecule is CC(NC(NC(=O)[C@@H]1C[C@H](C)CC[C@H]1C(C)C)C(=O)O)c1ccccc1. The predicted molar refractivity (Wildman–Crippen MR) is 102 cm³/mol. The van der Waals surface area contributed by atoms with Gasteiger partial charge in [-0.3, -0.25) is 10.1 Å². The molecule has 1 amide bonds. The number of aliphatic carboxylic acids is 1. The summed E-state index contributed by atoms with van der Waals surface area (Å²) < 4.78 is 0. The zero-order valence-corrected chi connectivity index (χ0v) is 16.2. The summed E-state index contributed by atoms with van der Waals surface area (Å²) in [6.07, 6.45) is 1.90. The summed E-state index contributed by atoms with van der Waals surface area (Å²) in [4.78, 5) is 24.6. The Labute approximate surface area is 156 Å². The fourth-order valence-corrected chi connectivity index (χ4v) is 4.02. The first-order valence-electron chi connectivity index (χ1n) is 9.63. The van der Waals surface area contributed by atoms with Crippen LogP contribution in [0.5, 0.6) is 0 Å². The third-order valence-corrected chi connectivity index (χ3v) is 5.61. The first-order valence-corrected chi connectivity index (χ1v) is 9.63. The van der Waals surface area contributed by atoms with E-state index in [1.807, 2.05) is 37.3 Å². The molecule has 1 fully saturated rings. The molecule has 2 unspecified atom stereocenters. The Morgan fingerprint density at radius 1 is 1.12 bits per heavy atom. The van der Waals surface area contributed by atoms with Crippen molar-refractivity contribution >= 4 is 11.9 Å². The van der Waals surface area contributed by atoms with Crippen LogP contribution < -0.4 is 10.6 Å². The number of carbonyl (C=O) groups is 2. The van der Waals surface area contributed by atoms with Gasteiger partial charge in [0.25, 0.3) is 0 Å². The van der Waals surface area contributed by atoms with E-state index in [0.29, 0.717) is 17.8 Å². The monoisotopic (exact) mass is 360 g/mol. The molecule has 5 heteroatoms. The number of rotatable bonds is 7. The quantitative estimate of drug-likeness (QED) is 0.650. The summed E-state index contributed by atoms with van der Waals surface area (Å²) in [7, 11) is 0. The maximum absolute atomic E-state index is 12.9. The fraction of sp³-hybridized carbons (Fsp3) is 0.619. The van der Waals surface area contributed by atoms with Gasteiger partial charge in [-0.15, -0.1) is 0 Å². The molecule has 0 heterocycles. The number of nitrogens with one attached hydrogen (secondary N) is 2. The van der Waals surface area contributed by atoms with Gasteiger partial charge in [-0.2, -0.15) is 0 Å². The van der Waals surface area contributed by atoms with Crippen LogP contribution in [0.2, 0.25) is 0 Å². The zero-order chi connectivity index (χ0) is 19.3. The molecular weight excluding hydrogens is 328 g/mol. The second kappa shape index (κ2) is 9.17. The van der Waals surface area contributed by atoms with Gasteiger partial charge in [-0.1, -0.05) is 57.5 Å². The molecule has 0 aromatic heterocycles. The third-order valence-electron chi connectivity index (χ3n) is 5.61. The molecule has 1 aliphatic carbocycles. The van der Waals surface area contributed by atoms with Crippen molar-refractivity contribution in [3.63, 3.8) is 0 Å². The van der Waals surface area contributed by atoms with Crippen LogP contribution in [0.3, 0.4) is 0 Å². The van der Waals surface area contributed by atoms with Crippen LogP contribution in [-0.4, -0.2) is 23.1 Å². The highest BCUT2D eigenvalue weighted by Gasteiger charge is 2.37. The molecule has 0 radical (unpaired) electrons. The van der Waals surface area contributed by atoms with Crippen molar-refractivity contribution in [3.05, 3.63) is 35.9 Å². The molecule has 3 N–H and O–H groups in total. The molecule has 26 heavy (non-hydrogen) atoms. The minimum absolute atomic E-state index is 0.116. The lowest BCUT2D eigenvalue weighted by Gasteiger charge is -2.37. The molecule has 0 aliphatic heterocycles. The predicted octanol–water partition coefficient (Wildman–Crippen LogP) is 3.57. The van der Waals surface area contributed by atoms with Gasteiger partial charge in [0, 0.05) is 12.0 Å². The minimum atomic E-state index is -1.09. The van der Waals surface area contributed by atoms with E-state index in [9.17, 15) is 14.7 Å². The standard InChI is InChI=1S/C21H32N2O3/c1-13(2)17-11-10-14(3)12-18(17)20(24)23-19(21(25)26)22-15(4)16-8-6-5-7-9-16/h5-9,13-15,17-19,22H,10-12H2,1-4H3,(H,23,24)(H,25,26)/t14-,15?,17+,18-,19?/m1/s1. The number of benzene rings is 1. The second-order valence-corrected chi connectivity index (χ2v) is 8.01. The van der Waals surface area contributed by atoms with Gasteiger partial charge in [0.2, 0.25) is 5.91 Å². The van der Waals surface area contributed by atoms with Crippen LogP contribution in [0.25, 0.3) is 0 Å². The number of amides is 1. The summed E-state index contributed by atoms with van der Waals surface area (Å²) >= 11 is 0. The second-order valence-electron chi connectivity index (χ2n) is 8.01. The molecule has 144 valence electrons. The molecule has 1 saturated carbocycles. The molecule has 5 atom stereocenters. The van der Waals surface area contributed by atoms with E-state index in [4.69, 9.17) is 0 Å². The Bertz CT molecular complexity index is 603. The van der Waals surface area contributed by atoms with Gasteiger partial charge in [0.1, 0.15) is 0 Å². The number of carbonyl (C=O) groups excluding carboxylic acids is 1. The molecule has 1 aromatic carbocycles. The number of carboxylic acid groups (broad SMARTS) is 1. The lowest BCUT2D eigenvalue weighted by atomic mass is 9.70. The number of hydrogen-bond donors (Lipinski definition) is 3. The summed E-state index contributed by atoms with van der Waals surface area (Å²) in [5, 5.41) is 15.3. The first kappa shape index (κ1) is 20.4. The van der Waals surface area contributed by atoms with Crippen molar-refractivity contribution in [2.45, 2.75) is 59.2 Å². The van der Waals surface area contributed by atoms with Crippen LogP contribution in [0.1, 0.15) is 58.6 Å². The van der Waals surface area contributed by atoms with E-state index in [-0.39, 0.29) is 17.9 Å². The fourth-order valence-electron chi connectivity index (χ4n) is 4.02. The molecule has 1 aromatic rings. The Morgan fingerprint density at radius 3 is 2.35 bits per heavy atom. The number of carboxylic acids is 1. The topological polar surface area (TPSA) is 78.4 Å². The van der Waals surface area contributed by atoms with Crippen LogP contribution in [-0.2, 0) is 9.59 Å². The van der Waals surface area contributed by atoms with Gasteiger partial charge in [-0.05, 0) is 43.1 Å². The van der Waals surface area contributed by atoms with Crippen LogP contribution in [0.15, 0.2) is 30.3 Å². The molecule has 1 aliphatic rings. The highest BCUT2D eigenvalue weighted by molar-refractivity contribution is 5.85. The Balaban J connectivity index is 2.06. The van der Waals surface area contributed by atoms with Crippen molar-refractivity contribution in [3.8, 4) is 0 Å². The maximum atomic E-state index is 12.9. The number of hydrogen-bond acceptors (Lipinski definition) is 3. The van der Waals surface area contributed by atoms with Crippen LogP contribution >= 0.6 is 0 Å². The molecular formula is C21H32N2O3. The van der Waals surface area contributed by atoms with Crippen molar-refractivity contribution in [1.29, 1.82) is 0 Å². The summed E-state index contributed by atoms with van der Waals surface area (Å²) in [6, 6.07) is 9.45. The van der Waals surface area contributed by atoms with E-state index in [1.165, 1.54) is 0 Å². The van der Waals surface area contributed by atoms with Crippen molar-refractivity contribution in [2.75, 3.05) is 0 Å². The Hall–Kier alpha value is -1.88. The average Bonchev–Trinajstić information content (AvgIpc) is 2.61. The summed E-state index contributed by atoms with van der Waals surface area (Å²) in [6.45, 7) is 8.36. The van der Waals surface area contributed by atoms with Crippen molar-refractivity contribution < 1.29 is 14.7 Å².